The Morgan fingerprint density at radius 2 is 2.00 bits per heavy atom. The maximum Gasteiger partial charge on any atom is 0.233 e. The van der Waals surface area contributed by atoms with E-state index in [1.807, 2.05) is 20.8 Å². The molecule has 0 saturated carbocycles. The molecule has 0 fully saturated rings. The van der Waals surface area contributed by atoms with Crippen LogP contribution < -0.4 is 0 Å². The van der Waals surface area contributed by atoms with E-state index < -0.39 is 6.04 Å². The number of rotatable bonds is 3. The first-order chi connectivity index (χ1) is 4.83. The molecule has 0 saturated heterocycles. The molecule has 1 atom stereocenters. The van der Waals surface area contributed by atoms with Crippen molar-refractivity contribution < 1.29 is 9.66 Å². The summed E-state index contributed by atoms with van der Waals surface area (Å²) in [7, 11) is 0. The van der Waals surface area contributed by atoms with Crippen LogP contribution in [-0.4, -0.2) is 23.2 Å². The minimum Gasteiger partial charge on any atom is -0.369 e. The molecule has 0 rings (SSSR count). The molecule has 0 heterocycles. The van der Waals surface area contributed by atoms with Gasteiger partial charge in [-0.1, -0.05) is 0 Å². The van der Waals surface area contributed by atoms with Crippen LogP contribution in [0.3, 0.4) is 0 Å². The van der Waals surface area contributed by atoms with Crippen LogP contribution in [0.1, 0.15) is 27.7 Å². The first kappa shape index (κ1) is 10.4. The standard InChI is InChI=1S/C7H15NO3/c1-6(8(9)10)5-11-7(2,3)4/h6H,5H2,1-4H3. The summed E-state index contributed by atoms with van der Waals surface area (Å²) in [4.78, 5) is 9.80. The van der Waals surface area contributed by atoms with Crippen molar-refractivity contribution in [1.82, 2.24) is 0 Å². The van der Waals surface area contributed by atoms with Crippen LogP contribution in [0.15, 0.2) is 0 Å². The van der Waals surface area contributed by atoms with Crippen molar-refractivity contribution >= 4 is 0 Å². The minimum absolute atomic E-state index is 0.177. The summed E-state index contributed by atoms with van der Waals surface area (Å²) in [6.45, 7) is 7.33. The molecule has 0 aliphatic heterocycles. The van der Waals surface area contributed by atoms with Gasteiger partial charge >= 0.3 is 0 Å². The Kier molecular flexibility index (Phi) is 3.45. The van der Waals surface area contributed by atoms with Crippen LogP contribution in [0, 0.1) is 10.1 Å². The molecule has 0 N–H and O–H groups in total. The third-order valence-corrected chi connectivity index (χ3v) is 1.12. The normalized spacial score (nSPS) is 14.5. The van der Waals surface area contributed by atoms with Gasteiger partial charge in [-0.15, -0.1) is 0 Å². The Balaban J connectivity index is 3.63. The third-order valence-electron chi connectivity index (χ3n) is 1.12. The highest BCUT2D eigenvalue weighted by molar-refractivity contribution is 4.59. The quantitative estimate of drug-likeness (QED) is 0.465. The molecule has 1 unspecified atom stereocenters. The fourth-order valence-electron chi connectivity index (χ4n) is 0.431. The van der Waals surface area contributed by atoms with Gasteiger partial charge in [0.2, 0.25) is 6.04 Å². The predicted molar refractivity (Wildman–Crippen MR) is 42.2 cm³/mol. The molecule has 11 heavy (non-hydrogen) atoms. The predicted octanol–water partition coefficient (Wildman–Crippen LogP) is 1.47. The van der Waals surface area contributed by atoms with Crippen LogP contribution in [0.4, 0.5) is 0 Å². The molecule has 0 aliphatic carbocycles. The first-order valence-electron chi connectivity index (χ1n) is 3.60. The summed E-state index contributed by atoms with van der Waals surface area (Å²) >= 11 is 0. The highest BCUT2D eigenvalue weighted by atomic mass is 16.6. The van der Waals surface area contributed by atoms with Gasteiger partial charge in [0.15, 0.2) is 0 Å². The SMILES string of the molecule is CC(COC(C)(C)C)[N+](=O)[O-]. The number of nitro groups is 1. The number of ether oxygens (including phenoxy) is 1. The van der Waals surface area contributed by atoms with E-state index >= 15 is 0 Å². The van der Waals surface area contributed by atoms with Crippen molar-refractivity contribution in [2.45, 2.75) is 39.3 Å². The molecule has 0 amide bonds. The zero-order chi connectivity index (χ0) is 9.07. The molecular weight excluding hydrogens is 146 g/mol. The van der Waals surface area contributed by atoms with Gasteiger partial charge in [0.25, 0.3) is 0 Å². The van der Waals surface area contributed by atoms with Gasteiger partial charge in [-0.3, -0.25) is 10.1 Å². The summed E-state index contributed by atoms with van der Waals surface area (Å²) in [6.07, 6.45) is 0. The Hall–Kier alpha value is -0.640. The smallest absolute Gasteiger partial charge is 0.233 e. The lowest BCUT2D eigenvalue weighted by atomic mass is 10.2. The Morgan fingerprint density at radius 1 is 1.55 bits per heavy atom. The second kappa shape index (κ2) is 3.67. The molecule has 0 spiro atoms. The van der Waals surface area contributed by atoms with Crippen LogP contribution in [0.25, 0.3) is 0 Å². The maximum atomic E-state index is 10.1. The Labute approximate surface area is 66.7 Å². The van der Waals surface area contributed by atoms with Crippen molar-refractivity contribution in [3.05, 3.63) is 10.1 Å². The summed E-state index contributed by atoms with van der Waals surface area (Å²) in [6, 6.07) is -0.616. The topological polar surface area (TPSA) is 52.4 Å². The van der Waals surface area contributed by atoms with Gasteiger partial charge in [0.05, 0.1) is 5.60 Å². The van der Waals surface area contributed by atoms with E-state index in [1.54, 1.807) is 0 Å². The lowest BCUT2D eigenvalue weighted by Gasteiger charge is -2.19. The van der Waals surface area contributed by atoms with E-state index in [0.29, 0.717) is 0 Å². The van der Waals surface area contributed by atoms with Gasteiger partial charge in [-0.05, 0) is 20.8 Å². The number of hydrogen-bond donors (Lipinski definition) is 0. The third kappa shape index (κ3) is 5.79. The van der Waals surface area contributed by atoms with E-state index in [-0.39, 0.29) is 17.1 Å². The maximum absolute atomic E-state index is 10.1. The Bertz CT molecular complexity index is 139. The van der Waals surface area contributed by atoms with Crippen molar-refractivity contribution in [3.8, 4) is 0 Å². The van der Waals surface area contributed by atoms with Gasteiger partial charge in [0.1, 0.15) is 6.61 Å². The molecule has 66 valence electrons. The molecule has 0 radical (unpaired) electrons. The van der Waals surface area contributed by atoms with Crippen LogP contribution in [0.2, 0.25) is 0 Å². The summed E-state index contributed by atoms with van der Waals surface area (Å²) < 4.78 is 5.21. The Morgan fingerprint density at radius 3 is 2.27 bits per heavy atom. The van der Waals surface area contributed by atoms with E-state index in [9.17, 15) is 10.1 Å². The molecule has 0 aromatic heterocycles. The van der Waals surface area contributed by atoms with Crippen molar-refractivity contribution in [2.75, 3.05) is 6.61 Å². The lowest BCUT2D eigenvalue weighted by Crippen LogP contribution is -2.28. The van der Waals surface area contributed by atoms with Crippen molar-refractivity contribution in [1.29, 1.82) is 0 Å². The highest BCUT2D eigenvalue weighted by Gasteiger charge is 2.17. The van der Waals surface area contributed by atoms with Crippen LogP contribution in [0.5, 0.6) is 0 Å². The lowest BCUT2D eigenvalue weighted by molar-refractivity contribution is -0.523. The molecule has 0 bridgehead atoms. The summed E-state index contributed by atoms with van der Waals surface area (Å²) in [5.41, 5.74) is -0.287. The molecule has 4 heteroatoms. The first-order valence-corrected chi connectivity index (χ1v) is 3.60. The minimum atomic E-state index is -0.616. The van der Waals surface area contributed by atoms with E-state index in [1.165, 1.54) is 6.92 Å². The summed E-state index contributed by atoms with van der Waals surface area (Å²) in [5.74, 6) is 0. The molecule has 0 aromatic carbocycles. The zero-order valence-electron chi connectivity index (χ0n) is 7.46. The molecular formula is C7H15NO3. The second-order valence-electron chi connectivity index (χ2n) is 3.56. The largest absolute Gasteiger partial charge is 0.369 e. The number of nitrogens with zero attached hydrogens (tertiary/aromatic N) is 1. The highest BCUT2D eigenvalue weighted by Crippen LogP contribution is 2.07. The van der Waals surface area contributed by atoms with Crippen LogP contribution >= 0.6 is 0 Å². The zero-order valence-corrected chi connectivity index (χ0v) is 7.46. The fourth-order valence-corrected chi connectivity index (χ4v) is 0.431. The average molecular weight is 161 g/mol. The van der Waals surface area contributed by atoms with E-state index in [2.05, 4.69) is 0 Å². The monoisotopic (exact) mass is 161 g/mol. The van der Waals surface area contributed by atoms with Crippen LogP contribution in [-0.2, 0) is 4.74 Å². The second-order valence-corrected chi connectivity index (χ2v) is 3.56. The van der Waals surface area contributed by atoms with Gasteiger partial charge < -0.3 is 4.74 Å². The van der Waals surface area contributed by atoms with Gasteiger partial charge in [-0.2, -0.15) is 0 Å². The van der Waals surface area contributed by atoms with Gasteiger partial charge in [0, 0.05) is 11.8 Å². The number of hydrogen-bond acceptors (Lipinski definition) is 3. The van der Waals surface area contributed by atoms with Crippen molar-refractivity contribution in [3.63, 3.8) is 0 Å². The molecule has 4 nitrogen and oxygen atoms in total. The molecule has 0 aromatic rings. The fraction of sp³-hybridized carbons (Fsp3) is 1.00. The summed E-state index contributed by atoms with van der Waals surface area (Å²) in [5, 5.41) is 10.1. The van der Waals surface area contributed by atoms with Crippen molar-refractivity contribution in [2.24, 2.45) is 0 Å². The van der Waals surface area contributed by atoms with E-state index in [0.717, 1.165) is 0 Å². The average Bonchev–Trinajstić information content (AvgIpc) is 1.80. The van der Waals surface area contributed by atoms with Gasteiger partial charge in [-0.25, -0.2) is 0 Å². The molecule has 0 aliphatic rings. The van der Waals surface area contributed by atoms with E-state index in [4.69, 9.17) is 4.74 Å².